The molecular weight excluding hydrogens is 194 g/mol. The maximum atomic E-state index is 10.0. The van der Waals surface area contributed by atoms with Crippen molar-refractivity contribution in [2.24, 2.45) is 0 Å². The zero-order chi connectivity index (χ0) is 9.80. The van der Waals surface area contributed by atoms with Gasteiger partial charge in [-0.3, -0.25) is 0 Å². The first-order chi connectivity index (χ1) is 6.86. The largest absolute Gasteiger partial charge is 0.392 e. The highest BCUT2D eigenvalue weighted by Gasteiger charge is 2.23. The number of aliphatic hydroxyl groups is 1. The molecule has 0 saturated carbocycles. The van der Waals surface area contributed by atoms with Crippen molar-refractivity contribution in [3.05, 3.63) is 11.6 Å². The molecular formula is C11H19NOS. The number of allylic oxidation sites excluding steroid dienone is 1. The molecule has 0 bridgehead atoms. The summed E-state index contributed by atoms with van der Waals surface area (Å²) in [4.78, 5) is 0. The smallest absolute Gasteiger partial charge is 0.0708 e. The molecule has 2 nitrogen and oxygen atoms in total. The van der Waals surface area contributed by atoms with E-state index in [1.807, 2.05) is 11.8 Å². The van der Waals surface area contributed by atoms with Crippen molar-refractivity contribution < 1.29 is 5.11 Å². The normalized spacial score (nSPS) is 30.1. The summed E-state index contributed by atoms with van der Waals surface area (Å²) < 4.78 is 0. The van der Waals surface area contributed by atoms with E-state index in [0.717, 1.165) is 25.3 Å². The van der Waals surface area contributed by atoms with Gasteiger partial charge in [0.15, 0.2) is 0 Å². The van der Waals surface area contributed by atoms with Gasteiger partial charge in [-0.15, -0.1) is 0 Å². The second kappa shape index (κ2) is 5.19. The lowest BCUT2D eigenvalue weighted by atomic mass is 10.1. The minimum absolute atomic E-state index is 0.142. The molecule has 80 valence electrons. The van der Waals surface area contributed by atoms with Gasteiger partial charge in [-0.05, 0) is 25.7 Å². The maximum absolute atomic E-state index is 10.0. The number of rotatable bonds is 3. The van der Waals surface area contributed by atoms with Gasteiger partial charge in [-0.25, -0.2) is 0 Å². The Hall–Kier alpha value is 0.01000. The first-order valence-electron chi connectivity index (χ1n) is 5.54. The van der Waals surface area contributed by atoms with E-state index in [4.69, 9.17) is 0 Å². The topological polar surface area (TPSA) is 32.3 Å². The Kier molecular flexibility index (Phi) is 3.90. The minimum atomic E-state index is -0.142. The van der Waals surface area contributed by atoms with Crippen LogP contribution in [0.1, 0.15) is 25.7 Å². The average Bonchev–Trinajstić information content (AvgIpc) is 2.72. The lowest BCUT2D eigenvalue weighted by Crippen LogP contribution is -2.39. The Balaban J connectivity index is 1.78. The van der Waals surface area contributed by atoms with E-state index in [9.17, 15) is 5.11 Å². The van der Waals surface area contributed by atoms with Gasteiger partial charge in [0.2, 0.25) is 0 Å². The second-order valence-corrected chi connectivity index (χ2v) is 5.49. The van der Waals surface area contributed by atoms with E-state index in [1.165, 1.54) is 24.8 Å². The fourth-order valence-corrected chi connectivity index (χ4v) is 3.27. The van der Waals surface area contributed by atoms with Crippen molar-refractivity contribution in [1.29, 1.82) is 0 Å². The number of aliphatic hydroxyl groups excluding tert-OH is 1. The lowest BCUT2D eigenvalue weighted by Gasteiger charge is -2.27. The van der Waals surface area contributed by atoms with Crippen LogP contribution in [0.4, 0.5) is 0 Å². The number of hydrogen-bond acceptors (Lipinski definition) is 3. The summed E-state index contributed by atoms with van der Waals surface area (Å²) in [5, 5.41) is 13.8. The Morgan fingerprint density at radius 1 is 1.64 bits per heavy atom. The Labute approximate surface area is 90.2 Å². The molecule has 2 rings (SSSR count). The van der Waals surface area contributed by atoms with E-state index in [2.05, 4.69) is 11.4 Å². The van der Waals surface area contributed by atoms with Gasteiger partial charge in [0.1, 0.15) is 0 Å². The molecule has 0 aromatic carbocycles. The summed E-state index contributed by atoms with van der Waals surface area (Å²) in [6.07, 6.45) is 6.79. The highest BCUT2D eigenvalue weighted by molar-refractivity contribution is 8.00. The Morgan fingerprint density at radius 3 is 3.21 bits per heavy atom. The predicted molar refractivity (Wildman–Crippen MR) is 61.7 cm³/mol. The van der Waals surface area contributed by atoms with Crippen molar-refractivity contribution in [3.8, 4) is 0 Å². The second-order valence-electron chi connectivity index (χ2n) is 4.14. The van der Waals surface area contributed by atoms with E-state index in [0.29, 0.717) is 5.25 Å². The number of thioether (sulfide) groups is 1. The molecule has 0 aromatic rings. The number of hydrogen-bond donors (Lipinski definition) is 2. The molecule has 2 unspecified atom stereocenters. The summed E-state index contributed by atoms with van der Waals surface area (Å²) in [5.41, 5.74) is 1.48. The van der Waals surface area contributed by atoms with Crippen LogP contribution in [0, 0.1) is 0 Å². The molecule has 1 fully saturated rings. The molecule has 0 aromatic heterocycles. The van der Waals surface area contributed by atoms with Gasteiger partial charge < -0.3 is 10.4 Å². The first-order valence-corrected chi connectivity index (χ1v) is 6.59. The minimum Gasteiger partial charge on any atom is -0.392 e. The van der Waals surface area contributed by atoms with Crippen LogP contribution in [0.3, 0.4) is 0 Å². The van der Waals surface area contributed by atoms with Crippen molar-refractivity contribution in [1.82, 2.24) is 5.32 Å². The van der Waals surface area contributed by atoms with Gasteiger partial charge in [-0.2, -0.15) is 11.8 Å². The molecule has 0 spiro atoms. The van der Waals surface area contributed by atoms with Crippen molar-refractivity contribution >= 4 is 11.8 Å². The monoisotopic (exact) mass is 213 g/mol. The van der Waals surface area contributed by atoms with E-state index < -0.39 is 0 Å². The molecule has 2 atom stereocenters. The fourth-order valence-electron chi connectivity index (χ4n) is 2.16. The lowest BCUT2D eigenvalue weighted by molar-refractivity contribution is 0.168. The fraction of sp³-hybridized carbons (Fsp3) is 0.818. The Bertz CT molecular complexity index is 211. The molecule has 1 aliphatic carbocycles. The molecule has 1 heterocycles. The standard InChI is InChI=1S/C11H19NOS/c13-10(7-9-3-1-2-4-9)11-8-12-5-6-14-11/h3,10-13H,1-2,4-8H2. The molecule has 0 amide bonds. The SMILES string of the molecule is OC(CC1=CCCC1)C1CNCCS1. The highest BCUT2D eigenvalue weighted by atomic mass is 32.2. The third-order valence-electron chi connectivity index (χ3n) is 2.99. The van der Waals surface area contributed by atoms with Crippen molar-refractivity contribution in [3.63, 3.8) is 0 Å². The first kappa shape index (κ1) is 10.5. The molecule has 1 aliphatic heterocycles. The quantitative estimate of drug-likeness (QED) is 0.698. The van der Waals surface area contributed by atoms with E-state index in [1.54, 1.807) is 0 Å². The van der Waals surface area contributed by atoms with Crippen LogP contribution in [0.5, 0.6) is 0 Å². The van der Waals surface area contributed by atoms with Gasteiger partial charge >= 0.3 is 0 Å². The summed E-state index contributed by atoms with van der Waals surface area (Å²) in [7, 11) is 0. The zero-order valence-electron chi connectivity index (χ0n) is 8.54. The highest BCUT2D eigenvalue weighted by Crippen LogP contribution is 2.26. The zero-order valence-corrected chi connectivity index (χ0v) is 9.35. The van der Waals surface area contributed by atoms with Crippen LogP contribution in [-0.4, -0.2) is 35.3 Å². The summed E-state index contributed by atoms with van der Waals surface area (Å²) >= 11 is 1.91. The van der Waals surface area contributed by atoms with Crippen LogP contribution in [0.2, 0.25) is 0 Å². The summed E-state index contributed by atoms with van der Waals surface area (Å²) in [5.74, 6) is 1.14. The summed E-state index contributed by atoms with van der Waals surface area (Å²) in [6, 6.07) is 0. The van der Waals surface area contributed by atoms with Crippen LogP contribution in [0.25, 0.3) is 0 Å². The van der Waals surface area contributed by atoms with Gasteiger partial charge in [0.05, 0.1) is 6.10 Å². The predicted octanol–water partition coefficient (Wildman–Crippen LogP) is 1.55. The van der Waals surface area contributed by atoms with E-state index >= 15 is 0 Å². The molecule has 3 heteroatoms. The molecule has 2 N–H and O–H groups in total. The molecule has 2 aliphatic rings. The third kappa shape index (κ3) is 2.75. The Morgan fingerprint density at radius 2 is 2.57 bits per heavy atom. The third-order valence-corrected chi connectivity index (χ3v) is 4.34. The van der Waals surface area contributed by atoms with Crippen LogP contribution in [0.15, 0.2) is 11.6 Å². The molecule has 0 radical (unpaired) electrons. The molecule has 1 saturated heterocycles. The van der Waals surface area contributed by atoms with Gasteiger partial charge in [-0.1, -0.05) is 11.6 Å². The van der Waals surface area contributed by atoms with Crippen LogP contribution >= 0.6 is 11.8 Å². The summed E-state index contributed by atoms with van der Waals surface area (Å²) in [6.45, 7) is 2.07. The van der Waals surface area contributed by atoms with Crippen LogP contribution in [-0.2, 0) is 0 Å². The van der Waals surface area contributed by atoms with Gasteiger partial charge in [0, 0.05) is 24.1 Å². The van der Waals surface area contributed by atoms with Gasteiger partial charge in [0.25, 0.3) is 0 Å². The average molecular weight is 213 g/mol. The maximum Gasteiger partial charge on any atom is 0.0708 e. The number of nitrogens with one attached hydrogen (secondary N) is 1. The van der Waals surface area contributed by atoms with Crippen molar-refractivity contribution in [2.45, 2.75) is 37.0 Å². The molecule has 14 heavy (non-hydrogen) atoms. The van der Waals surface area contributed by atoms with E-state index in [-0.39, 0.29) is 6.10 Å². The van der Waals surface area contributed by atoms with Crippen LogP contribution < -0.4 is 5.32 Å². The van der Waals surface area contributed by atoms with Crippen molar-refractivity contribution in [2.75, 3.05) is 18.8 Å².